The number of nitrogens with zero attached hydrogens (tertiary/aromatic N) is 1. The van der Waals surface area contributed by atoms with Crippen molar-refractivity contribution in [1.29, 1.82) is 0 Å². The number of hydrogen-bond donors (Lipinski definition) is 2. The third-order valence-electron chi connectivity index (χ3n) is 2.74. The highest BCUT2D eigenvalue weighted by atomic mass is 32.1. The lowest BCUT2D eigenvalue weighted by Gasteiger charge is -2.02. The predicted octanol–water partition coefficient (Wildman–Crippen LogP) is 4.75. The number of hydrogen-bond acceptors (Lipinski definition) is 4. The second kappa shape index (κ2) is 9.59. The monoisotopic (exact) mass is 273 g/mol. The highest BCUT2D eigenvalue weighted by Crippen LogP contribution is 2.12. The lowest BCUT2D eigenvalue weighted by atomic mass is 10.1. The van der Waals surface area contributed by atoms with Gasteiger partial charge in [0.1, 0.15) is 0 Å². The van der Waals surface area contributed by atoms with Crippen LogP contribution in [0, 0.1) is 3.95 Å². The van der Waals surface area contributed by atoms with Crippen molar-refractivity contribution in [3.8, 4) is 0 Å². The van der Waals surface area contributed by atoms with Gasteiger partial charge in [-0.2, -0.15) is 0 Å². The Balaban J connectivity index is 1.86. The molecule has 1 rings (SSSR count). The van der Waals surface area contributed by atoms with E-state index in [1.54, 1.807) is 0 Å². The van der Waals surface area contributed by atoms with Crippen LogP contribution < -0.4 is 5.32 Å². The fourth-order valence-electron chi connectivity index (χ4n) is 1.76. The maximum atomic E-state index is 4.96. The van der Waals surface area contributed by atoms with E-state index < -0.39 is 0 Å². The molecule has 0 aliphatic heterocycles. The first-order chi connectivity index (χ1) is 8.33. The molecule has 2 N–H and O–H groups in total. The Morgan fingerprint density at radius 2 is 1.76 bits per heavy atom. The number of aromatic amines is 1. The van der Waals surface area contributed by atoms with Gasteiger partial charge in [0.15, 0.2) is 3.95 Å². The van der Waals surface area contributed by atoms with Gasteiger partial charge in [-0.3, -0.25) is 5.10 Å². The molecule has 1 heterocycles. The van der Waals surface area contributed by atoms with Gasteiger partial charge in [0.25, 0.3) is 0 Å². The Hall–Kier alpha value is -0.420. The minimum Gasteiger partial charge on any atom is -0.360 e. The Kier molecular flexibility index (Phi) is 8.26. The van der Waals surface area contributed by atoms with Crippen molar-refractivity contribution >= 4 is 28.7 Å². The molecule has 98 valence electrons. The van der Waals surface area contributed by atoms with Crippen LogP contribution >= 0.6 is 23.6 Å². The fraction of sp³-hybridized carbons (Fsp3) is 0.833. The van der Waals surface area contributed by atoms with Crippen LogP contribution in [-0.4, -0.2) is 16.7 Å². The summed E-state index contributed by atoms with van der Waals surface area (Å²) < 4.78 is 0.739. The molecule has 0 aliphatic carbocycles. The number of nitrogens with one attached hydrogen (secondary N) is 2. The molecular formula is C12H23N3S2. The third kappa shape index (κ3) is 7.49. The first-order valence-electron chi connectivity index (χ1n) is 6.62. The van der Waals surface area contributed by atoms with Crippen LogP contribution in [0.25, 0.3) is 0 Å². The van der Waals surface area contributed by atoms with E-state index >= 15 is 0 Å². The second-order valence-corrected chi connectivity index (χ2v) is 5.99. The Labute approximate surface area is 113 Å². The minimum atomic E-state index is 0.739. The number of rotatable bonds is 10. The van der Waals surface area contributed by atoms with E-state index in [4.69, 9.17) is 12.2 Å². The number of unbranched alkanes of at least 4 members (excludes halogenated alkanes) is 7. The van der Waals surface area contributed by atoms with E-state index in [9.17, 15) is 0 Å². The van der Waals surface area contributed by atoms with Crippen molar-refractivity contribution in [3.05, 3.63) is 3.95 Å². The molecule has 0 amide bonds. The summed E-state index contributed by atoms with van der Waals surface area (Å²) in [5.74, 6) is 0. The molecule has 0 radical (unpaired) electrons. The summed E-state index contributed by atoms with van der Waals surface area (Å²) in [6, 6.07) is 0. The van der Waals surface area contributed by atoms with E-state index in [2.05, 4.69) is 22.4 Å². The molecule has 0 aromatic carbocycles. The van der Waals surface area contributed by atoms with E-state index in [-0.39, 0.29) is 0 Å². The maximum Gasteiger partial charge on any atom is 0.204 e. The summed E-state index contributed by atoms with van der Waals surface area (Å²) >= 11 is 6.47. The molecule has 0 saturated carbocycles. The molecule has 1 aromatic heterocycles. The predicted molar refractivity (Wildman–Crippen MR) is 78.4 cm³/mol. The quantitative estimate of drug-likeness (QED) is 0.477. The highest BCUT2D eigenvalue weighted by molar-refractivity contribution is 7.73. The lowest BCUT2D eigenvalue weighted by molar-refractivity contribution is 0.581. The zero-order chi connectivity index (χ0) is 12.3. The smallest absolute Gasteiger partial charge is 0.204 e. The van der Waals surface area contributed by atoms with Crippen molar-refractivity contribution in [3.63, 3.8) is 0 Å². The average molecular weight is 273 g/mol. The van der Waals surface area contributed by atoms with Crippen LogP contribution in [0.1, 0.15) is 58.3 Å². The molecular weight excluding hydrogens is 250 g/mol. The van der Waals surface area contributed by atoms with Gasteiger partial charge in [0, 0.05) is 6.54 Å². The van der Waals surface area contributed by atoms with E-state index in [1.165, 1.54) is 62.7 Å². The molecule has 0 saturated heterocycles. The fourth-order valence-corrected chi connectivity index (χ4v) is 2.57. The topological polar surface area (TPSA) is 40.7 Å². The normalized spacial score (nSPS) is 10.6. The van der Waals surface area contributed by atoms with E-state index in [1.807, 2.05) is 0 Å². The average Bonchev–Trinajstić information content (AvgIpc) is 2.73. The van der Waals surface area contributed by atoms with Gasteiger partial charge in [0.05, 0.1) is 0 Å². The molecule has 3 nitrogen and oxygen atoms in total. The lowest BCUT2D eigenvalue weighted by Crippen LogP contribution is -2.00. The number of anilines is 1. The van der Waals surface area contributed by atoms with Gasteiger partial charge in [0.2, 0.25) is 5.13 Å². The van der Waals surface area contributed by atoms with Gasteiger partial charge in [-0.1, -0.05) is 63.2 Å². The van der Waals surface area contributed by atoms with Crippen molar-refractivity contribution in [2.24, 2.45) is 0 Å². The van der Waals surface area contributed by atoms with E-state index in [0.29, 0.717) is 0 Å². The first kappa shape index (κ1) is 14.6. The van der Waals surface area contributed by atoms with Crippen molar-refractivity contribution < 1.29 is 0 Å². The zero-order valence-electron chi connectivity index (χ0n) is 10.6. The third-order valence-corrected chi connectivity index (χ3v) is 3.79. The van der Waals surface area contributed by atoms with Crippen LogP contribution in [0.4, 0.5) is 5.13 Å². The number of aromatic nitrogens is 2. The molecule has 0 spiro atoms. The summed E-state index contributed by atoms with van der Waals surface area (Å²) in [5.41, 5.74) is 0. The van der Waals surface area contributed by atoms with Crippen LogP contribution in [-0.2, 0) is 0 Å². The van der Waals surface area contributed by atoms with Crippen molar-refractivity contribution in [2.75, 3.05) is 11.9 Å². The summed E-state index contributed by atoms with van der Waals surface area (Å²) in [6.07, 6.45) is 10.8. The summed E-state index contributed by atoms with van der Waals surface area (Å²) in [5, 5.41) is 11.0. The minimum absolute atomic E-state index is 0.739. The van der Waals surface area contributed by atoms with Gasteiger partial charge >= 0.3 is 0 Å². The van der Waals surface area contributed by atoms with E-state index in [0.717, 1.165) is 15.6 Å². The molecule has 0 bridgehead atoms. The zero-order valence-corrected chi connectivity index (χ0v) is 12.3. The van der Waals surface area contributed by atoms with Gasteiger partial charge in [-0.15, -0.1) is 5.10 Å². The maximum absolute atomic E-state index is 4.96. The molecule has 0 atom stereocenters. The Bertz CT molecular complexity index is 332. The van der Waals surface area contributed by atoms with Crippen LogP contribution in [0.15, 0.2) is 0 Å². The number of H-pyrrole nitrogens is 1. The van der Waals surface area contributed by atoms with Crippen molar-refractivity contribution in [2.45, 2.75) is 58.3 Å². The highest BCUT2D eigenvalue weighted by Gasteiger charge is 1.95. The standard InChI is InChI=1S/C12H23N3S2/c1-2-3-4-5-6-7-8-9-10-13-11-14-15-12(16)17-11/h2-10H2,1H3,(H,13,14)(H,15,16). The second-order valence-electron chi connectivity index (χ2n) is 4.32. The Morgan fingerprint density at radius 3 is 2.35 bits per heavy atom. The molecule has 0 fully saturated rings. The van der Waals surface area contributed by atoms with Gasteiger partial charge in [-0.25, -0.2) is 0 Å². The first-order valence-corrected chi connectivity index (χ1v) is 7.84. The summed E-state index contributed by atoms with van der Waals surface area (Å²) in [4.78, 5) is 0. The van der Waals surface area contributed by atoms with Crippen LogP contribution in [0.5, 0.6) is 0 Å². The van der Waals surface area contributed by atoms with Gasteiger partial charge < -0.3 is 5.32 Å². The molecule has 0 aliphatic rings. The molecule has 5 heteroatoms. The van der Waals surface area contributed by atoms with Crippen LogP contribution in [0.3, 0.4) is 0 Å². The van der Waals surface area contributed by atoms with Crippen molar-refractivity contribution in [1.82, 2.24) is 10.2 Å². The molecule has 0 unspecified atom stereocenters. The van der Waals surface area contributed by atoms with Gasteiger partial charge in [-0.05, 0) is 18.6 Å². The SMILES string of the molecule is CCCCCCCCCCNc1n[nH]c(=S)s1. The summed E-state index contributed by atoms with van der Waals surface area (Å²) in [6.45, 7) is 3.26. The molecule has 1 aromatic rings. The summed E-state index contributed by atoms with van der Waals surface area (Å²) in [7, 11) is 0. The largest absolute Gasteiger partial charge is 0.360 e. The Morgan fingerprint density at radius 1 is 1.12 bits per heavy atom. The molecule has 17 heavy (non-hydrogen) atoms. The van der Waals surface area contributed by atoms with Crippen LogP contribution in [0.2, 0.25) is 0 Å².